The summed E-state index contributed by atoms with van der Waals surface area (Å²) in [5.74, 6) is 1.28. The Labute approximate surface area is 160 Å². The van der Waals surface area contributed by atoms with Crippen molar-refractivity contribution in [3.63, 3.8) is 0 Å². The first-order valence-electron chi connectivity index (χ1n) is 9.89. The molecule has 4 rings (SSSR count). The van der Waals surface area contributed by atoms with Crippen molar-refractivity contribution in [1.29, 1.82) is 0 Å². The van der Waals surface area contributed by atoms with Crippen LogP contribution in [0.25, 0.3) is 0 Å². The van der Waals surface area contributed by atoms with Crippen LogP contribution in [0.4, 0.5) is 0 Å². The summed E-state index contributed by atoms with van der Waals surface area (Å²) in [5, 5.41) is 4.21. The van der Waals surface area contributed by atoms with Crippen molar-refractivity contribution in [2.75, 3.05) is 26.7 Å². The number of piperidine rings is 1. The Kier molecular flexibility index (Phi) is 5.20. The lowest BCUT2D eigenvalue weighted by atomic mass is 9.95. The van der Waals surface area contributed by atoms with Crippen molar-refractivity contribution in [3.8, 4) is 0 Å². The van der Waals surface area contributed by atoms with E-state index in [0.717, 1.165) is 51.3 Å². The van der Waals surface area contributed by atoms with Gasteiger partial charge >= 0.3 is 0 Å². The quantitative estimate of drug-likeness (QED) is 0.822. The number of amides is 1. The smallest absolute Gasteiger partial charge is 0.227 e. The van der Waals surface area contributed by atoms with Crippen molar-refractivity contribution >= 4 is 5.91 Å². The van der Waals surface area contributed by atoms with Crippen molar-refractivity contribution in [2.45, 2.75) is 45.2 Å². The summed E-state index contributed by atoms with van der Waals surface area (Å²) in [6.07, 6.45) is 8.69. The summed E-state index contributed by atoms with van der Waals surface area (Å²) in [5.41, 5.74) is 2.43. The number of hydrogen-bond acceptors (Lipinski definition) is 5. The minimum atomic E-state index is -0.0800. The van der Waals surface area contributed by atoms with E-state index >= 15 is 0 Å². The summed E-state index contributed by atoms with van der Waals surface area (Å²) in [6.45, 7) is 6.13. The fraction of sp³-hybridized carbons (Fsp3) is 0.600. The molecule has 144 valence electrons. The first-order valence-corrected chi connectivity index (χ1v) is 9.89. The van der Waals surface area contributed by atoms with Gasteiger partial charge in [0.25, 0.3) is 0 Å². The fourth-order valence-corrected chi connectivity index (χ4v) is 4.14. The van der Waals surface area contributed by atoms with Crippen LogP contribution in [0.5, 0.6) is 0 Å². The Balaban J connectivity index is 1.42. The lowest BCUT2D eigenvalue weighted by Crippen LogP contribution is -2.43. The molecule has 0 radical (unpaired) electrons. The molecule has 27 heavy (non-hydrogen) atoms. The topological polar surface area (TPSA) is 67.2 Å². The summed E-state index contributed by atoms with van der Waals surface area (Å²) in [4.78, 5) is 26.7. The Morgan fingerprint density at radius 3 is 3.07 bits per heavy atom. The van der Waals surface area contributed by atoms with E-state index in [1.54, 1.807) is 6.20 Å². The van der Waals surface area contributed by atoms with Gasteiger partial charge in [-0.1, -0.05) is 6.92 Å². The summed E-state index contributed by atoms with van der Waals surface area (Å²) in [7, 11) is 2.13. The third kappa shape index (κ3) is 4.03. The molecule has 4 heterocycles. The number of aromatic nitrogens is 4. The Morgan fingerprint density at radius 1 is 1.37 bits per heavy atom. The maximum Gasteiger partial charge on any atom is 0.227 e. The molecular weight excluding hydrogens is 340 g/mol. The van der Waals surface area contributed by atoms with Crippen LogP contribution in [0, 0.1) is 5.92 Å². The third-order valence-electron chi connectivity index (χ3n) is 5.68. The Bertz CT molecular complexity index is 790. The monoisotopic (exact) mass is 368 g/mol. The van der Waals surface area contributed by atoms with E-state index in [0.29, 0.717) is 6.54 Å². The molecule has 2 aromatic rings. The highest BCUT2D eigenvalue weighted by molar-refractivity contribution is 5.78. The lowest BCUT2D eigenvalue weighted by molar-refractivity contribution is -0.136. The second kappa shape index (κ2) is 7.76. The molecule has 0 N–H and O–H groups in total. The molecule has 0 aromatic carbocycles. The number of nitrogens with zero attached hydrogens (tertiary/aromatic N) is 6. The molecule has 1 amide bonds. The minimum absolute atomic E-state index is 0.0800. The number of likely N-dealkylation sites (N-methyl/N-ethyl adjacent to an activating group) is 1. The molecule has 2 atom stereocenters. The van der Waals surface area contributed by atoms with Gasteiger partial charge < -0.3 is 9.80 Å². The van der Waals surface area contributed by atoms with Crippen molar-refractivity contribution in [1.82, 2.24) is 29.5 Å². The maximum atomic E-state index is 12.9. The van der Waals surface area contributed by atoms with Gasteiger partial charge in [-0.25, -0.2) is 9.97 Å². The number of fused-ring (bicyclic) bond motifs is 1. The molecule has 0 spiro atoms. The van der Waals surface area contributed by atoms with Gasteiger partial charge in [-0.05, 0) is 26.0 Å². The van der Waals surface area contributed by atoms with Crippen LogP contribution in [0.1, 0.15) is 42.8 Å². The molecular formula is C20H28N6O. The van der Waals surface area contributed by atoms with E-state index in [4.69, 9.17) is 4.98 Å². The molecule has 2 aromatic heterocycles. The zero-order valence-corrected chi connectivity index (χ0v) is 16.2. The first-order chi connectivity index (χ1) is 13.1. The maximum absolute atomic E-state index is 12.9. The Hall–Kier alpha value is -2.28. The highest BCUT2D eigenvalue weighted by Gasteiger charge is 2.29. The van der Waals surface area contributed by atoms with Gasteiger partial charge in [-0.3, -0.25) is 9.48 Å². The van der Waals surface area contributed by atoms with Gasteiger partial charge in [-0.2, -0.15) is 5.10 Å². The second-order valence-electron chi connectivity index (χ2n) is 7.94. The molecule has 2 aliphatic rings. The molecule has 0 bridgehead atoms. The average molecular weight is 368 g/mol. The van der Waals surface area contributed by atoms with Crippen molar-refractivity contribution in [2.24, 2.45) is 5.92 Å². The SMILES string of the molecule is C[C@@H](Cn1cccn1)C(=O)N1CCC[C@@H](c2ncc3c(n2)CCN(C)C3)C1. The van der Waals surface area contributed by atoms with Gasteiger partial charge in [0.15, 0.2) is 0 Å². The highest BCUT2D eigenvalue weighted by Crippen LogP contribution is 2.27. The van der Waals surface area contributed by atoms with Crippen LogP contribution in [-0.4, -0.2) is 62.1 Å². The minimum Gasteiger partial charge on any atom is -0.342 e. The van der Waals surface area contributed by atoms with Gasteiger partial charge in [0.1, 0.15) is 5.82 Å². The standard InChI is InChI=1S/C20H28N6O/c1-15(12-26-9-4-7-22-26)20(27)25-8-3-5-16(14-25)19-21-11-17-13-24(2)10-6-18(17)23-19/h4,7,9,11,15-16H,3,5-6,8,10,12-14H2,1-2H3/t15-,16+/m0/s1. The second-order valence-corrected chi connectivity index (χ2v) is 7.94. The molecule has 7 nitrogen and oxygen atoms in total. The van der Waals surface area contributed by atoms with Gasteiger partial charge in [0, 0.05) is 68.4 Å². The summed E-state index contributed by atoms with van der Waals surface area (Å²) < 4.78 is 1.83. The fourth-order valence-electron chi connectivity index (χ4n) is 4.14. The molecule has 2 aliphatic heterocycles. The van der Waals surface area contributed by atoms with Gasteiger partial charge in [-0.15, -0.1) is 0 Å². The van der Waals surface area contributed by atoms with E-state index in [-0.39, 0.29) is 17.7 Å². The number of carbonyl (C=O) groups is 1. The van der Waals surface area contributed by atoms with Crippen LogP contribution >= 0.6 is 0 Å². The van der Waals surface area contributed by atoms with Crippen LogP contribution in [-0.2, 0) is 24.3 Å². The number of rotatable bonds is 4. The summed E-state index contributed by atoms with van der Waals surface area (Å²) in [6, 6.07) is 1.89. The first kappa shape index (κ1) is 18.1. The van der Waals surface area contributed by atoms with Crippen molar-refractivity contribution in [3.05, 3.63) is 41.7 Å². The molecule has 0 saturated carbocycles. The largest absolute Gasteiger partial charge is 0.342 e. The predicted octanol–water partition coefficient (Wildman–Crippen LogP) is 1.70. The van der Waals surface area contributed by atoms with Gasteiger partial charge in [0.05, 0.1) is 12.5 Å². The van der Waals surface area contributed by atoms with Crippen LogP contribution in [0.15, 0.2) is 24.7 Å². The normalized spacial score (nSPS) is 21.7. The van der Waals surface area contributed by atoms with E-state index in [1.807, 2.05) is 35.0 Å². The summed E-state index contributed by atoms with van der Waals surface area (Å²) >= 11 is 0. The predicted molar refractivity (Wildman–Crippen MR) is 102 cm³/mol. The van der Waals surface area contributed by atoms with Gasteiger partial charge in [0.2, 0.25) is 5.91 Å². The number of hydrogen-bond donors (Lipinski definition) is 0. The molecule has 1 saturated heterocycles. The zero-order valence-electron chi connectivity index (χ0n) is 16.2. The van der Waals surface area contributed by atoms with E-state index in [1.165, 1.54) is 11.3 Å². The number of carbonyl (C=O) groups excluding carboxylic acids is 1. The van der Waals surface area contributed by atoms with Crippen LogP contribution in [0.3, 0.4) is 0 Å². The lowest BCUT2D eigenvalue weighted by Gasteiger charge is -2.34. The zero-order chi connectivity index (χ0) is 18.8. The Morgan fingerprint density at radius 2 is 2.26 bits per heavy atom. The van der Waals surface area contributed by atoms with E-state index in [9.17, 15) is 4.79 Å². The third-order valence-corrected chi connectivity index (χ3v) is 5.68. The molecule has 0 unspecified atom stereocenters. The van der Waals surface area contributed by atoms with Crippen molar-refractivity contribution < 1.29 is 4.79 Å². The molecule has 0 aliphatic carbocycles. The van der Waals surface area contributed by atoms with Crippen LogP contribution in [0.2, 0.25) is 0 Å². The van der Waals surface area contributed by atoms with Crippen LogP contribution < -0.4 is 0 Å². The molecule has 1 fully saturated rings. The van der Waals surface area contributed by atoms with E-state index in [2.05, 4.69) is 22.0 Å². The number of likely N-dealkylation sites (tertiary alicyclic amines) is 1. The average Bonchev–Trinajstić information content (AvgIpc) is 3.20. The molecule has 7 heteroatoms. The van der Waals surface area contributed by atoms with E-state index < -0.39 is 0 Å². The highest BCUT2D eigenvalue weighted by atomic mass is 16.2.